The molecule has 0 aliphatic heterocycles. The van der Waals surface area contributed by atoms with Crippen LogP contribution in [0.25, 0.3) is 11.0 Å². The Bertz CT molecular complexity index is 1550. The summed E-state index contributed by atoms with van der Waals surface area (Å²) >= 11 is 0. The van der Waals surface area contributed by atoms with Crippen LogP contribution in [-0.4, -0.2) is 36.5 Å². The normalized spacial score (nSPS) is 12.1. The van der Waals surface area contributed by atoms with Crippen LogP contribution >= 0.6 is 0 Å². The molecule has 3 aromatic carbocycles. The monoisotopic (exact) mass is 535 g/mol. The second kappa shape index (κ2) is 11.4. The number of carbonyl (C=O) groups excluding carboxylic acids is 1. The zero-order valence-electron chi connectivity index (χ0n) is 21.2. The molecule has 0 saturated carbocycles. The van der Waals surface area contributed by atoms with E-state index in [4.69, 9.17) is 4.74 Å². The number of benzene rings is 3. The summed E-state index contributed by atoms with van der Waals surface area (Å²) < 4.78 is 34.6. The van der Waals surface area contributed by atoms with Crippen LogP contribution in [0.2, 0.25) is 0 Å². The number of aliphatic hydroxyl groups excluding tert-OH is 1. The third kappa shape index (κ3) is 6.18. The molecule has 38 heavy (non-hydrogen) atoms. The van der Waals surface area contributed by atoms with Gasteiger partial charge in [-0.05, 0) is 54.4 Å². The van der Waals surface area contributed by atoms with E-state index in [1.54, 1.807) is 61.5 Å². The number of anilines is 4. The molecule has 4 rings (SSSR count). The molecule has 1 heterocycles. The summed E-state index contributed by atoms with van der Waals surface area (Å²) in [5.41, 5.74) is 2.53. The fraction of sp³-hybridized carbons (Fsp3) is 0.222. The van der Waals surface area contributed by atoms with Crippen molar-refractivity contribution in [1.29, 1.82) is 0 Å². The summed E-state index contributed by atoms with van der Waals surface area (Å²) in [6.45, 7) is 3.50. The van der Waals surface area contributed by atoms with Crippen LogP contribution in [0.15, 0.2) is 71.6 Å². The molecule has 1 aromatic heterocycles. The molecule has 0 radical (unpaired) electrons. The fourth-order valence-corrected chi connectivity index (χ4v) is 4.67. The van der Waals surface area contributed by atoms with Gasteiger partial charge in [0, 0.05) is 23.4 Å². The van der Waals surface area contributed by atoms with E-state index in [0.29, 0.717) is 40.1 Å². The Morgan fingerprint density at radius 2 is 1.68 bits per heavy atom. The maximum Gasteiger partial charge on any atom is 0.263 e. The van der Waals surface area contributed by atoms with Gasteiger partial charge in [0.15, 0.2) is 11.6 Å². The van der Waals surface area contributed by atoms with E-state index in [9.17, 15) is 18.3 Å². The number of para-hydroxylation sites is 2. The van der Waals surface area contributed by atoms with Crippen LogP contribution in [0.5, 0.6) is 5.75 Å². The van der Waals surface area contributed by atoms with E-state index in [-0.39, 0.29) is 35.0 Å². The van der Waals surface area contributed by atoms with E-state index in [1.165, 1.54) is 19.2 Å². The van der Waals surface area contributed by atoms with Crippen LogP contribution in [-0.2, 0) is 21.4 Å². The Balaban J connectivity index is 1.71. The van der Waals surface area contributed by atoms with Crippen molar-refractivity contribution in [2.24, 2.45) is 5.92 Å². The van der Waals surface area contributed by atoms with Gasteiger partial charge in [0.25, 0.3) is 10.0 Å². The van der Waals surface area contributed by atoms with Gasteiger partial charge in [0.05, 0.1) is 29.6 Å². The molecule has 0 saturated heterocycles. The molecule has 0 fully saturated rings. The van der Waals surface area contributed by atoms with Crippen molar-refractivity contribution in [3.05, 3.63) is 72.3 Å². The van der Waals surface area contributed by atoms with Crippen LogP contribution in [0.4, 0.5) is 23.0 Å². The number of ether oxygens (including phenoxy) is 1. The van der Waals surface area contributed by atoms with Crippen molar-refractivity contribution in [2.45, 2.75) is 31.8 Å². The Labute approximate surface area is 221 Å². The maximum absolute atomic E-state index is 13.4. The molecular formula is C27H29N5O5S. The quantitative estimate of drug-likeness (QED) is 0.230. The molecule has 4 N–H and O–H groups in total. The van der Waals surface area contributed by atoms with Gasteiger partial charge in [-0.2, -0.15) is 0 Å². The fourth-order valence-electron chi connectivity index (χ4n) is 3.62. The number of aromatic nitrogens is 2. The van der Waals surface area contributed by atoms with Crippen molar-refractivity contribution in [1.82, 2.24) is 9.97 Å². The Morgan fingerprint density at radius 3 is 2.34 bits per heavy atom. The molecule has 198 valence electrons. The van der Waals surface area contributed by atoms with Gasteiger partial charge < -0.3 is 20.5 Å². The number of hydrogen-bond donors (Lipinski definition) is 4. The maximum atomic E-state index is 13.4. The predicted octanol–water partition coefficient (Wildman–Crippen LogP) is 4.66. The summed E-state index contributed by atoms with van der Waals surface area (Å²) in [6.07, 6.45) is 0.662. The molecule has 1 amide bonds. The molecule has 1 atom stereocenters. The summed E-state index contributed by atoms with van der Waals surface area (Å²) in [6, 6.07) is 18.2. The third-order valence-corrected chi connectivity index (χ3v) is 7.26. The smallest absolute Gasteiger partial charge is 0.263 e. The van der Waals surface area contributed by atoms with Gasteiger partial charge in [-0.1, -0.05) is 32.0 Å². The van der Waals surface area contributed by atoms with Crippen molar-refractivity contribution >= 4 is 50.0 Å². The van der Waals surface area contributed by atoms with Gasteiger partial charge in [-0.15, -0.1) is 0 Å². The molecule has 0 aliphatic carbocycles. The molecule has 11 heteroatoms. The van der Waals surface area contributed by atoms with Gasteiger partial charge in [-0.3, -0.25) is 9.52 Å². The highest BCUT2D eigenvalue weighted by Crippen LogP contribution is 2.30. The highest BCUT2D eigenvalue weighted by molar-refractivity contribution is 7.92. The summed E-state index contributed by atoms with van der Waals surface area (Å²) in [5.74, 6) is 0.239. The predicted molar refractivity (Wildman–Crippen MR) is 147 cm³/mol. The average Bonchev–Trinajstić information content (AvgIpc) is 2.92. The number of amides is 1. The Kier molecular flexibility index (Phi) is 8.08. The lowest BCUT2D eigenvalue weighted by atomic mass is 10.1. The third-order valence-electron chi connectivity index (χ3n) is 5.92. The molecule has 0 spiro atoms. The summed E-state index contributed by atoms with van der Waals surface area (Å²) in [5, 5.41) is 15.5. The number of carbonyl (C=O) groups is 1. The van der Waals surface area contributed by atoms with Crippen molar-refractivity contribution in [3.63, 3.8) is 0 Å². The van der Waals surface area contributed by atoms with E-state index in [2.05, 4.69) is 25.3 Å². The molecule has 1 unspecified atom stereocenters. The molecule has 0 bridgehead atoms. The SMILES string of the molecule is CCC(C)C(=O)Nc1cccc(S(=O)(=O)Nc2nc3ccccc3nc2Nc2cc(CO)cc(OC)c2)c1. The largest absolute Gasteiger partial charge is 0.497 e. The highest BCUT2D eigenvalue weighted by atomic mass is 32.2. The van der Waals surface area contributed by atoms with E-state index < -0.39 is 10.0 Å². The lowest BCUT2D eigenvalue weighted by Crippen LogP contribution is -2.20. The van der Waals surface area contributed by atoms with E-state index in [0.717, 1.165) is 0 Å². The van der Waals surface area contributed by atoms with Crippen molar-refractivity contribution < 1.29 is 23.1 Å². The zero-order valence-corrected chi connectivity index (χ0v) is 22.0. The highest BCUT2D eigenvalue weighted by Gasteiger charge is 2.20. The number of fused-ring (bicyclic) bond motifs is 1. The van der Waals surface area contributed by atoms with E-state index >= 15 is 0 Å². The minimum Gasteiger partial charge on any atom is -0.497 e. The first-order valence-corrected chi connectivity index (χ1v) is 13.5. The minimum absolute atomic E-state index is 0.0221. The molecule has 10 nitrogen and oxygen atoms in total. The van der Waals surface area contributed by atoms with Crippen molar-refractivity contribution in [3.8, 4) is 5.75 Å². The summed E-state index contributed by atoms with van der Waals surface area (Å²) in [7, 11) is -2.61. The van der Waals surface area contributed by atoms with Gasteiger partial charge in [0.1, 0.15) is 5.75 Å². The van der Waals surface area contributed by atoms with Crippen LogP contribution in [0.1, 0.15) is 25.8 Å². The minimum atomic E-state index is -4.12. The lowest BCUT2D eigenvalue weighted by molar-refractivity contribution is -0.119. The van der Waals surface area contributed by atoms with Crippen molar-refractivity contribution in [2.75, 3.05) is 22.5 Å². The summed E-state index contributed by atoms with van der Waals surface area (Å²) in [4.78, 5) is 21.3. The van der Waals surface area contributed by atoms with E-state index in [1.807, 2.05) is 6.92 Å². The number of sulfonamides is 1. The van der Waals surface area contributed by atoms with Crippen LogP contribution < -0.4 is 20.1 Å². The number of rotatable bonds is 10. The zero-order chi connectivity index (χ0) is 27.3. The lowest BCUT2D eigenvalue weighted by Gasteiger charge is -2.15. The Morgan fingerprint density at radius 1 is 0.974 bits per heavy atom. The Hall–Kier alpha value is -4.22. The van der Waals surface area contributed by atoms with Crippen LogP contribution in [0, 0.1) is 5.92 Å². The van der Waals surface area contributed by atoms with Gasteiger partial charge >= 0.3 is 0 Å². The first kappa shape index (κ1) is 26.8. The van der Waals surface area contributed by atoms with Gasteiger partial charge in [0.2, 0.25) is 5.91 Å². The molecule has 4 aromatic rings. The number of nitrogens with one attached hydrogen (secondary N) is 3. The number of nitrogens with zero attached hydrogens (tertiary/aromatic N) is 2. The number of methoxy groups -OCH3 is 1. The first-order valence-electron chi connectivity index (χ1n) is 12.0. The first-order chi connectivity index (χ1) is 18.2. The molecule has 0 aliphatic rings. The number of aliphatic hydroxyl groups is 1. The topological polar surface area (TPSA) is 143 Å². The number of hydrogen-bond acceptors (Lipinski definition) is 8. The second-order valence-corrected chi connectivity index (χ2v) is 10.4. The second-order valence-electron chi connectivity index (χ2n) is 8.69. The van der Waals surface area contributed by atoms with Crippen LogP contribution in [0.3, 0.4) is 0 Å². The average molecular weight is 536 g/mol. The van der Waals surface area contributed by atoms with Gasteiger partial charge in [-0.25, -0.2) is 18.4 Å². The molecular weight excluding hydrogens is 506 g/mol. The standard InChI is InChI=1S/C27H29N5O5S/c1-4-17(2)27(34)29-19-8-7-9-22(15-19)38(35,36)32-26-25(30-23-10-5-6-11-24(23)31-26)28-20-12-18(16-33)13-21(14-20)37-3/h5-15,17,33H,4,16H2,1-3H3,(H,28,30)(H,29,34)(H,31,32).